The smallest absolute Gasteiger partial charge is 0.410 e. The van der Waals surface area contributed by atoms with E-state index >= 15 is 0 Å². The van der Waals surface area contributed by atoms with Gasteiger partial charge in [-0.2, -0.15) is 0 Å². The van der Waals surface area contributed by atoms with Crippen LogP contribution in [0.1, 0.15) is 64.3 Å². The summed E-state index contributed by atoms with van der Waals surface area (Å²) >= 11 is 0. The molecule has 184 valence electrons. The minimum atomic E-state index is -0.509. The minimum absolute atomic E-state index is 0.0232. The summed E-state index contributed by atoms with van der Waals surface area (Å²) in [5.41, 5.74) is 3.39. The number of aromatic nitrogens is 1. The van der Waals surface area contributed by atoms with Crippen LogP contribution in [0.25, 0.3) is 10.9 Å². The van der Waals surface area contributed by atoms with Gasteiger partial charge in [-0.1, -0.05) is 12.2 Å². The number of likely N-dealkylation sites (tertiary alicyclic amines) is 1. The summed E-state index contributed by atoms with van der Waals surface area (Å²) in [5, 5.41) is 12.2. The fourth-order valence-electron chi connectivity index (χ4n) is 5.39. The van der Waals surface area contributed by atoms with Gasteiger partial charge in [0.15, 0.2) is 0 Å². The van der Waals surface area contributed by atoms with E-state index < -0.39 is 5.60 Å². The van der Waals surface area contributed by atoms with Crippen LogP contribution in [-0.2, 0) is 9.47 Å². The molecule has 2 aromatic rings. The SMILES string of the molecule is C=C(C)[C@@H]1CC2(CCN(C(=O)OC(C)(C)C)CC2)CO[C@H]1c1c(C)[nH]c2ccc([N+](=O)[O-])cc12. The number of aromatic amines is 1. The third-order valence-electron chi connectivity index (χ3n) is 7.21. The van der Waals surface area contributed by atoms with Gasteiger partial charge in [0.05, 0.1) is 17.6 Å². The first kappa shape index (κ1) is 24.3. The van der Waals surface area contributed by atoms with Crippen LogP contribution in [0.5, 0.6) is 0 Å². The highest BCUT2D eigenvalue weighted by molar-refractivity contribution is 5.87. The molecule has 4 rings (SSSR count). The fraction of sp³-hybridized carbons (Fsp3) is 0.577. The van der Waals surface area contributed by atoms with Crippen LogP contribution >= 0.6 is 0 Å². The molecule has 0 bridgehead atoms. The number of H-pyrrole nitrogens is 1. The Labute approximate surface area is 200 Å². The highest BCUT2D eigenvalue weighted by Crippen LogP contribution is 2.51. The van der Waals surface area contributed by atoms with Crippen LogP contribution in [0.2, 0.25) is 0 Å². The molecule has 1 spiro atoms. The summed E-state index contributed by atoms with van der Waals surface area (Å²) in [6, 6.07) is 4.92. The molecule has 3 heterocycles. The third-order valence-corrected chi connectivity index (χ3v) is 7.21. The second-order valence-electron chi connectivity index (χ2n) is 11.0. The van der Waals surface area contributed by atoms with Crippen molar-refractivity contribution in [3.63, 3.8) is 0 Å². The molecule has 2 fully saturated rings. The number of amides is 1. The van der Waals surface area contributed by atoms with E-state index in [1.165, 1.54) is 6.07 Å². The number of benzene rings is 1. The lowest BCUT2D eigenvalue weighted by Gasteiger charge is -2.49. The molecule has 2 atom stereocenters. The third kappa shape index (κ3) is 4.69. The predicted octanol–water partition coefficient (Wildman–Crippen LogP) is 6.06. The molecule has 2 aliphatic heterocycles. The Morgan fingerprint density at radius 1 is 1.32 bits per heavy atom. The van der Waals surface area contributed by atoms with Crippen LogP contribution in [0.15, 0.2) is 30.4 Å². The summed E-state index contributed by atoms with van der Waals surface area (Å²) < 4.78 is 12.1. The van der Waals surface area contributed by atoms with E-state index in [1.807, 2.05) is 34.6 Å². The van der Waals surface area contributed by atoms with Crippen LogP contribution < -0.4 is 0 Å². The zero-order valence-electron chi connectivity index (χ0n) is 20.8. The van der Waals surface area contributed by atoms with Gasteiger partial charge in [0.2, 0.25) is 0 Å². The number of nitrogens with zero attached hydrogens (tertiary/aromatic N) is 2. The summed E-state index contributed by atoms with van der Waals surface area (Å²) in [6.07, 6.45) is 2.13. The van der Waals surface area contributed by atoms with Gasteiger partial charge in [0.25, 0.3) is 5.69 Å². The van der Waals surface area contributed by atoms with Crippen molar-refractivity contribution in [1.29, 1.82) is 0 Å². The van der Waals surface area contributed by atoms with Crippen molar-refractivity contribution in [3.05, 3.63) is 51.7 Å². The first-order valence-electron chi connectivity index (χ1n) is 11.9. The Bertz CT molecular complexity index is 1120. The normalized spacial score (nSPS) is 22.7. The van der Waals surface area contributed by atoms with Gasteiger partial charge in [0, 0.05) is 53.3 Å². The van der Waals surface area contributed by atoms with Crippen molar-refractivity contribution in [1.82, 2.24) is 9.88 Å². The van der Waals surface area contributed by atoms with Crippen molar-refractivity contribution >= 4 is 22.7 Å². The van der Waals surface area contributed by atoms with Crippen LogP contribution in [0.4, 0.5) is 10.5 Å². The Hall–Kier alpha value is -2.87. The minimum Gasteiger partial charge on any atom is -0.444 e. The number of ether oxygens (including phenoxy) is 2. The lowest BCUT2D eigenvalue weighted by Crippen LogP contribution is -2.49. The Balaban J connectivity index is 1.56. The van der Waals surface area contributed by atoms with Crippen molar-refractivity contribution < 1.29 is 19.2 Å². The molecule has 8 heteroatoms. The molecular weight excluding hydrogens is 434 g/mol. The van der Waals surface area contributed by atoms with Crippen LogP contribution in [-0.4, -0.2) is 46.2 Å². The molecule has 2 saturated heterocycles. The van der Waals surface area contributed by atoms with Gasteiger partial charge < -0.3 is 19.4 Å². The summed E-state index contributed by atoms with van der Waals surface area (Å²) in [7, 11) is 0. The number of piperidine rings is 1. The largest absolute Gasteiger partial charge is 0.444 e. The van der Waals surface area contributed by atoms with E-state index in [0.717, 1.165) is 47.0 Å². The molecule has 1 N–H and O–H groups in total. The first-order valence-corrected chi connectivity index (χ1v) is 11.9. The monoisotopic (exact) mass is 469 g/mol. The molecule has 1 amide bonds. The molecule has 34 heavy (non-hydrogen) atoms. The van der Waals surface area contributed by atoms with Crippen molar-refractivity contribution in [2.45, 2.75) is 65.6 Å². The summed E-state index contributed by atoms with van der Waals surface area (Å²) in [5.74, 6) is 0.0822. The van der Waals surface area contributed by atoms with E-state index in [4.69, 9.17) is 9.47 Å². The quantitative estimate of drug-likeness (QED) is 0.335. The van der Waals surface area contributed by atoms with Crippen molar-refractivity contribution in [3.8, 4) is 0 Å². The molecule has 1 aromatic carbocycles. The standard InChI is InChI=1S/C26H35N3O5/c1-16(2)20-14-26(9-11-28(12-10-26)24(30)34-25(4,5)6)15-33-23(20)22-17(3)27-21-8-7-18(29(31)32)13-19(21)22/h7-8,13,20,23,27H,1,9-12,14-15H2,2-6H3/t20-,23+/m0/s1. The van der Waals surface area contributed by atoms with Gasteiger partial charge in [-0.25, -0.2) is 4.79 Å². The van der Waals surface area contributed by atoms with E-state index in [-0.39, 0.29) is 34.1 Å². The average Bonchev–Trinajstić information content (AvgIpc) is 3.07. The number of aryl methyl sites for hydroxylation is 1. The molecule has 0 aliphatic carbocycles. The topological polar surface area (TPSA) is 97.7 Å². The average molecular weight is 470 g/mol. The van der Waals surface area contributed by atoms with Crippen LogP contribution in [0, 0.1) is 28.4 Å². The number of rotatable bonds is 3. The molecule has 0 unspecified atom stereocenters. The fourth-order valence-corrected chi connectivity index (χ4v) is 5.39. The number of carbonyl (C=O) groups excluding carboxylic acids is 1. The zero-order chi connectivity index (χ0) is 24.8. The maximum Gasteiger partial charge on any atom is 0.410 e. The predicted molar refractivity (Wildman–Crippen MR) is 131 cm³/mol. The van der Waals surface area contributed by atoms with Gasteiger partial charge in [-0.15, -0.1) is 0 Å². The highest BCUT2D eigenvalue weighted by Gasteiger charge is 2.46. The number of carbonyl (C=O) groups is 1. The van der Waals surface area contributed by atoms with E-state index in [9.17, 15) is 14.9 Å². The number of hydrogen-bond donors (Lipinski definition) is 1. The van der Waals surface area contributed by atoms with Crippen LogP contribution in [0.3, 0.4) is 0 Å². The maximum absolute atomic E-state index is 12.5. The number of hydrogen-bond acceptors (Lipinski definition) is 5. The Morgan fingerprint density at radius 2 is 2.00 bits per heavy atom. The maximum atomic E-state index is 12.5. The molecule has 0 saturated carbocycles. The molecule has 1 aromatic heterocycles. The number of nitro groups is 1. The van der Waals surface area contributed by atoms with Gasteiger partial charge in [0.1, 0.15) is 5.60 Å². The summed E-state index contributed by atoms with van der Waals surface area (Å²) in [4.78, 5) is 28.7. The first-order chi connectivity index (χ1) is 15.9. The number of nitrogens with one attached hydrogen (secondary N) is 1. The van der Waals surface area contributed by atoms with Crippen molar-refractivity contribution in [2.75, 3.05) is 19.7 Å². The number of nitro benzene ring substituents is 1. The van der Waals surface area contributed by atoms with E-state index in [0.29, 0.717) is 19.7 Å². The van der Waals surface area contributed by atoms with Gasteiger partial charge in [-0.3, -0.25) is 10.1 Å². The number of fused-ring (bicyclic) bond motifs is 1. The van der Waals surface area contributed by atoms with E-state index in [2.05, 4.69) is 11.6 Å². The lowest BCUT2D eigenvalue weighted by molar-refractivity contribution is -0.384. The second-order valence-corrected chi connectivity index (χ2v) is 11.0. The second kappa shape index (κ2) is 8.73. The zero-order valence-corrected chi connectivity index (χ0v) is 20.8. The molecule has 2 aliphatic rings. The lowest BCUT2D eigenvalue weighted by atomic mass is 9.67. The number of non-ortho nitro benzene ring substituents is 1. The highest BCUT2D eigenvalue weighted by atomic mass is 16.6. The summed E-state index contributed by atoms with van der Waals surface area (Å²) in [6.45, 7) is 15.8. The van der Waals surface area contributed by atoms with Gasteiger partial charge >= 0.3 is 6.09 Å². The van der Waals surface area contributed by atoms with Crippen molar-refractivity contribution in [2.24, 2.45) is 11.3 Å². The Morgan fingerprint density at radius 3 is 2.59 bits per heavy atom. The Kier molecular flexibility index (Phi) is 6.23. The molecular formula is C26H35N3O5. The molecule has 0 radical (unpaired) electrons. The van der Waals surface area contributed by atoms with Gasteiger partial charge in [-0.05, 0) is 65.4 Å². The van der Waals surface area contributed by atoms with E-state index in [1.54, 1.807) is 17.0 Å². The molecule has 8 nitrogen and oxygen atoms in total.